The number of nitro benzene ring substituents is 1. The highest BCUT2D eigenvalue weighted by molar-refractivity contribution is 7.98. The van der Waals surface area contributed by atoms with Gasteiger partial charge in [0.05, 0.1) is 15.4 Å². The van der Waals surface area contributed by atoms with Gasteiger partial charge >= 0.3 is 5.97 Å². The molecule has 11 nitrogen and oxygen atoms in total. The standard InChI is InChI=1S/C21H20N6O5S/c1-26(2)21-24-17(23-20(22)25-21)11-32-19(29)14-7-5-4-6-13(14)18(28)12-8-9-16(33-3)15(10-12)27(30)31/h4-10H,11H2,1-3H3,(H2,22,23,24,25). The minimum atomic E-state index is -0.778. The molecule has 0 unspecified atom stereocenters. The monoisotopic (exact) mass is 468 g/mol. The molecule has 2 N–H and O–H groups in total. The van der Waals surface area contributed by atoms with Crippen LogP contribution in [-0.4, -0.2) is 52.0 Å². The number of rotatable bonds is 8. The van der Waals surface area contributed by atoms with Gasteiger partial charge in [0, 0.05) is 31.3 Å². The van der Waals surface area contributed by atoms with Gasteiger partial charge in [-0.15, -0.1) is 11.8 Å². The van der Waals surface area contributed by atoms with E-state index in [1.165, 1.54) is 42.1 Å². The van der Waals surface area contributed by atoms with E-state index in [0.717, 1.165) is 0 Å². The zero-order chi connectivity index (χ0) is 24.1. The number of benzene rings is 2. The van der Waals surface area contributed by atoms with Crippen LogP contribution in [0.25, 0.3) is 0 Å². The number of nitrogens with two attached hydrogens (primary N) is 1. The van der Waals surface area contributed by atoms with Gasteiger partial charge in [0.2, 0.25) is 11.9 Å². The molecular formula is C21H20N6O5S. The fourth-order valence-electron chi connectivity index (χ4n) is 2.89. The van der Waals surface area contributed by atoms with Crippen molar-refractivity contribution in [3.8, 4) is 0 Å². The van der Waals surface area contributed by atoms with E-state index in [1.54, 1.807) is 37.4 Å². The Bertz CT molecular complexity index is 1230. The van der Waals surface area contributed by atoms with Crippen LogP contribution in [0.5, 0.6) is 0 Å². The van der Waals surface area contributed by atoms with E-state index in [2.05, 4.69) is 15.0 Å². The van der Waals surface area contributed by atoms with Crippen molar-refractivity contribution in [2.75, 3.05) is 31.0 Å². The Hall–Kier alpha value is -4.06. The predicted molar refractivity (Wildman–Crippen MR) is 122 cm³/mol. The number of carbonyl (C=O) groups excluding carboxylic acids is 2. The van der Waals surface area contributed by atoms with Gasteiger partial charge in [-0.1, -0.05) is 18.2 Å². The van der Waals surface area contributed by atoms with Gasteiger partial charge in [-0.05, 0) is 24.5 Å². The Balaban J connectivity index is 1.86. The van der Waals surface area contributed by atoms with Crippen molar-refractivity contribution in [3.05, 3.63) is 75.1 Å². The molecule has 0 aliphatic heterocycles. The third-order valence-corrected chi connectivity index (χ3v) is 5.23. The first-order chi connectivity index (χ1) is 15.7. The highest BCUT2D eigenvalue weighted by atomic mass is 32.2. The Kier molecular flexibility index (Phi) is 7.18. The molecule has 3 aromatic rings. The maximum absolute atomic E-state index is 13.1. The second-order valence-electron chi connectivity index (χ2n) is 6.90. The van der Waals surface area contributed by atoms with Gasteiger partial charge in [-0.25, -0.2) is 4.79 Å². The molecule has 0 fully saturated rings. The molecule has 33 heavy (non-hydrogen) atoms. The number of nitrogens with zero attached hydrogens (tertiary/aromatic N) is 5. The zero-order valence-electron chi connectivity index (χ0n) is 18.0. The Morgan fingerprint density at radius 3 is 2.45 bits per heavy atom. The first kappa shape index (κ1) is 23.6. The van der Waals surface area contributed by atoms with Gasteiger partial charge < -0.3 is 15.4 Å². The number of esters is 1. The molecule has 0 aliphatic carbocycles. The molecule has 1 heterocycles. The van der Waals surface area contributed by atoms with E-state index in [0.29, 0.717) is 10.8 Å². The number of ether oxygens (including phenoxy) is 1. The Morgan fingerprint density at radius 1 is 1.12 bits per heavy atom. The largest absolute Gasteiger partial charge is 0.454 e. The topological polar surface area (TPSA) is 154 Å². The summed E-state index contributed by atoms with van der Waals surface area (Å²) in [5, 5.41) is 11.4. The molecule has 0 saturated carbocycles. The predicted octanol–water partition coefficient (Wildman–Crippen LogP) is 2.74. The number of thioether (sulfide) groups is 1. The van der Waals surface area contributed by atoms with Crippen LogP contribution in [0.1, 0.15) is 32.1 Å². The molecule has 170 valence electrons. The molecule has 12 heteroatoms. The van der Waals surface area contributed by atoms with Crippen LogP contribution in [-0.2, 0) is 11.3 Å². The summed E-state index contributed by atoms with van der Waals surface area (Å²) >= 11 is 1.20. The number of aromatic nitrogens is 3. The smallest absolute Gasteiger partial charge is 0.339 e. The number of carbonyl (C=O) groups is 2. The molecule has 1 aromatic heterocycles. The molecule has 3 rings (SSSR count). The van der Waals surface area contributed by atoms with Gasteiger partial charge in [-0.3, -0.25) is 14.9 Å². The lowest BCUT2D eigenvalue weighted by Crippen LogP contribution is -2.17. The number of hydrogen-bond acceptors (Lipinski definition) is 11. The van der Waals surface area contributed by atoms with E-state index < -0.39 is 16.7 Å². The highest BCUT2D eigenvalue weighted by Crippen LogP contribution is 2.29. The summed E-state index contributed by atoms with van der Waals surface area (Å²) in [6.07, 6.45) is 1.71. The lowest BCUT2D eigenvalue weighted by atomic mass is 9.98. The van der Waals surface area contributed by atoms with Crippen molar-refractivity contribution in [3.63, 3.8) is 0 Å². The van der Waals surface area contributed by atoms with Gasteiger partial charge in [-0.2, -0.15) is 15.0 Å². The van der Waals surface area contributed by atoms with Gasteiger partial charge in [0.25, 0.3) is 5.69 Å². The quantitative estimate of drug-likeness (QED) is 0.170. The van der Waals surface area contributed by atoms with Crippen molar-refractivity contribution < 1.29 is 19.2 Å². The lowest BCUT2D eigenvalue weighted by Gasteiger charge is -2.12. The number of anilines is 2. The highest BCUT2D eigenvalue weighted by Gasteiger charge is 2.23. The van der Waals surface area contributed by atoms with Crippen molar-refractivity contribution in [1.29, 1.82) is 0 Å². The lowest BCUT2D eigenvalue weighted by molar-refractivity contribution is -0.387. The molecule has 0 saturated heterocycles. The van der Waals surface area contributed by atoms with Crippen LogP contribution >= 0.6 is 11.8 Å². The van der Waals surface area contributed by atoms with Crippen molar-refractivity contribution >= 4 is 41.1 Å². The third kappa shape index (κ3) is 5.41. The second kappa shape index (κ2) is 10.0. The Morgan fingerprint density at radius 2 is 1.82 bits per heavy atom. The first-order valence-corrected chi connectivity index (χ1v) is 10.7. The minimum Gasteiger partial charge on any atom is -0.454 e. The molecule has 0 amide bonds. The summed E-state index contributed by atoms with van der Waals surface area (Å²) in [5.41, 5.74) is 5.64. The van der Waals surface area contributed by atoms with E-state index in [4.69, 9.17) is 10.5 Å². The molecule has 0 spiro atoms. The number of hydrogen-bond donors (Lipinski definition) is 1. The molecule has 0 bridgehead atoms. The summed E-state index contributed by atoms with van der Waals surface area (Å²) in [7, 11) is 3.45. The fraction of sp³-hybridized carbons (Fsp3) is 0.190. The van der Waals surface area contributed by atoms with Crippen LogP contribution in [0.4, 0.5) is 17.6 Å². The molecule has 0 radical (unpaired) electrons. The second-order valence-corrected chi connectivity index (χ2v) is 7.75. The van der Waals surface area contributed by atoms with Crippen LogP contribution in [0.3, 0.4) is 0 Å². The summed E-state index contributed by atoms with van der Waals surface area (Å²) in [5.74, 6) is -0.895. The Labute approximate surface area is 193 Å². The number of nitrogen functional groups attached to an aromatic ring is 1. The van der Waals surface area contributed by atoms with Crippen molar-refractivity contribution in [1.82, 2.24) is 15.0 Å². The fourth-order valence-corrected chi connectivity index (χ4v) is 3.43. The van der Waals surface area contributed by atoms with Gasteiger partial charge in [0.15, 0.2) is 18.2 Å². The minimum absolute atomic E-state index is 0.00829. The average Bonchev–Trinajstić information content (AvgIpc) is 2.81. The summed E-state index contributed by atoms with van der Waals surface area (Å²) < 4.78 is 5.30. The maximum atomic E-state index is 13.1. The normalized spacial score (nSPS) is 10.5. The van der Waals surface area contributed by atoms with Crippen LogP contribution in [0.2, 0.25) is 0 Å². The van der Waals surface area contributed by atoms with E-state index in [9.17, 15) is 19.7 Å². The summed E-state index contributed by atoms with van der Waals surface area (Å²) in [4.78, 5) is 50.8. The molecule has 2 aromatic carbocycles. The van der Waals surface area contributed by atoms with Crippen LogP contribution < -0.4 is 10.6 Å². The van der Waals surface area contributed by atoms with Crippen molar-refractivity contribution in [2.45, 2.75) is 11.5 Å². The first-order valence-electron chi connectivity index (χ1n) is 9.52. The zero-order valence-corrected chi connectivity index (χ0v) is 18.8. The van der Waals surface area contributed by atoms with Gasteiger partial charge in [0.1, 0.15) is 0 Å². The van der Waals surface area contributed by atoms with E-state index >= 15 is 0 Å². The van der Waals surface area contributed by atoms with E-state index in [1.807, 2.05) is 0 Å². The van der Waals surface area contributed by atoms with E-state index in [-0.39, 0.29) is 40.8 Å². The molecular weight excluding hydrogens is 448 g/mol. The average molecular weight is 468 g/mol. The van der Waals surface area contributed by atoms with Crippen LogP contribution in [0.15, 0.2) is 47.4 Å². The summed E-state index contributed by atoms with van der Waals surface area (Å²) in [6, 6.07) is 10.3. The maximum Gasteiger partial charge on any atom is 0.339 e. The summed E-state index contributed by atoms with van der Waals surface area (Å²) in [6.45, 7) is -0.289. The number of ketones is 1. The van der Waals surface area contributed by atoms with Crippen molar-refractivity contribution in [2.24, 2.45) is 0 Å². The molecule has 0 aliphatic rings. The SMILES string of the molecule is CSc1ccc(C(=O)c2ccccc2C(=O)OCc2nc(N)nc(N(C)C)n2)cc1[N+](=O)[O-]. The van der Waals surface area contributed by atoms with Crippen LogP contribution in [0, 0.1) is 10.1 Å². The number of nitro groups is 1. The third-order valence-electron chi connectivity index (χ3n) is 4.45. The molecule has 0 atom stereocenters.